The van der Waals surface area contributed by atoms with Gasteiger partial charge in [0.05, 0.1) is 7.11 Å². The molecule has 0 aliphatic carbocycles. The summed E-state index contributed by atoms with van der Waals surface area (Å²) < 4.78 is 5.50. The van der Waals surface area contributed by atoms with Crippen molar-refractivity contribution in [2.75, 3.05) is 20.7 Å². The van der Waals surface area contributed by atoms with Crippen molar-refractivity contribution in [2.24, 2.45) is 0 Å². The van der Waals surface area contributed by atoms with E-state index in [1.54, 1.807) is 7.11 Å². The molecule has 0 radical (unpaired) electrons. The molecule has 1 aliphatic rings. The fourth-order valence-electron chi connectivity index (χ4n) is 2.84. The molecular formula is C17H20ClNO. The fourth-order valence-corrected chi connectivity index (χ4v) is 2.84. The second-order valence-electron chi connectivity index (χ2n) is 5.13. The Morgan fingerprint density at radius 2 is 1.75 bits per heavy atom. The minimum absolute atomic E-state index is 0. The summed E-state index contributed by atoms with van der Waals surface area (Å²) in [5, 5.41) is 0. The first-order valence-corrected chi connectivity index (χ1v) is 6.72. The van der Waals surface area contributed by atoms with Gasteiger partial charge in [-0.3, -0.25) is 0 Å². The molecule has 2 nitrogen and oxygen atoms in total. The third-order valence-corrected chi connectivity index (χ3v) is 3.86. The van der Waals surface area contributed by atoms with Crippen molar-refractivity contribution in [3.8, 4) is 16.9 Å². The Bertz CT molecular complexity index is 597. The van der Waals surface area contributed by atoms with Gasteiger partial charge in [-0.1, -0.05) is 36.4 Å². The molecule has 20 heavy (non-hydrogen) atoms. The molecule has 2 aromatic carbocycles. The molecule has 0 saturated heterocycles. The zero-order chi connectivity index (χ0) is 13.2. The molecule has 0 amide bonds. The van der Waals surface area contributed by atoms with E-state index in [2.05, 4.69) is 42.3 Å². The van der Waals surface area contributed by atoms with Crippen LogP contribution in [0.1, 0.15) is 11.1 Å². The number of para-hydroxylation sites is 1. The van der Waals surface area contributed by atoms with E-state index in [0.29, 0.717) is 0 Å². The number of likely N-dealkylation sites (N-methyl/N-ethyl adjacent to an activating group) is 1. The first-order valence-electron chi connectivity index (χ1n) is 6.72. The highest BCUT2D eigenvalue weighted by molar-refractivity contribution is 5.85. The summed E-state index contributed by atoms with van der Waals surface area (Å²) in [6.45, 7) is 2.16. The maximum Gasteiger partial charge on any atom is 0.126 e. The van der Waals surface area contributed by atoms with Gasteiger partial charge in [0.25, 0.3) is 0 Å². The monoisotopic (exact) mass is 289 g/mol. The van der Waals surface area contributed by atoms with Crippen LogP contribution in [0.5, 0.6) is 5.75 Å². The Morgan fingerprint density at radius 1 is 1.00 bits per heavy atom. The normalized spacial score (nSPS) is 14.3. The summed E-state index contributed by atoms with van der Waals surface area (Å²) >= 11 is 0. The standard InChI is InChI=1S/C17H19NO.ClH/c1-18-11-10-13-6-5-8-14(16(13)12-18)15-7-3-4-9-17(15)19-2;/h3-9H,10-12H2,1-2H3;1H. The lowest BCUT2D eigenvalue weighted by Crippen LogP contribution is -2.26. The van der Waals surface area contributed by atoms with Gasteiger partial charge < -0.3 is 9.64 Å². The van der Waals surface area contributed by atoms with E-state index in [1.165, 1.54) is 22.3 Å². The molecule has 3 heteroatoms. The van der Waals surface area contributed by atoms with Gasteiger partial charge in [-0.15, -0.1) is 12.4 Å². The first-order chi connectivity index (χ1) is 9.29. The maximum atomic E-state index is 5.50. The largest absolute Gasteiger partial charge is 0.496 e. The lowest BCUT2D eigenvalue weighted by atomic mass is 9.91. The number of hydrogen-bond donors (Lipinski definition) is 0. The highest BCUT2D eigenvalue weighted by Crippen LogP contribution is 2.35. The molecule has 0 spiro atoms. The van der Waals surface area contributed by atoms with E-state index in [9.17, 15) is 0 Å². The van der Waals surface area contributed by atoms with Crippen LogP contribution in [-0.2, 0) is 13.0 Å². The molecule has 0 unspecified atom stereocenters. The van der Waals surface area contributed by atoms with Crippen LogP contribution in [-0.4, -0.2) is 25.6 Å². The smallest absolute Gasteiger partial charge is 0.126 e. The third-order valence-electron chi connectivity index (χ3n) is 3.86. The van der Waals surface area contributed by atoms with Gasteiger partial charge in [0.2, 0.25) is 0 Å². The minimum atomic E-state index is 0. The van der Waals surface area contributed by atoms with Gasteiger partial charge >= 0.3 is 0 Å². The van der Waals surface area contributed by atoms with Crippen molar-refractivity contribution in [1.29, 1.82) is 0 Å². The van der Waals surface area contributed by atoms with Crippen LogP contribution in [0.15, 0.2) is 42.5 Å². The number of nitrogens with zero attached hydrogens (tertiary/aromatic N) is 1. The molecule has 0 fully saturated rings. The average Bonchev–Trinajstić information content (AvgIpc) is 2.46. The molecule has 1 aliphatic heterocycles. The third kappa shape index (κ3) is 2.67. The van der Waals surface area contributed by atoms with E-state index in [-0.39, 0.29) is 12.4 Å². The van der Waals surface area contributed by atoms with Crippen LogP contribution >= 0.6 is 12.4 Å². The summed E-state index contributed by atoms with van der Waals surface area (Å²) in [6.07, 6.45) is 1.13. The average molecular weight is 290 g/mol. The van der Waals surface area contributed by atoms with Crippen LogP contribution in [0, 0.1) is 0 Å². The van der Waals surface area contributed by atoms with Gasteiger partial charge in [0.1, 0.15) is 5.75 Å². The molecule has 3 rings (SSSR count). The van der Waals surface area contributed by atoms with Crippen LogP contribution in [0.4, 0.5) is 0 Å². The summed E-state index contributed by atoms with van der Waals surface area (Å²) in [4.78, 5) is 2.38. The Kier molecular flexibility index (Phi) is 4.69. The Hall–Kier alpha value is -1.51. The highest BCUT2D eigenvalue weighted by Gasteiger charge is 2.18. The molecular weight excluding hydrogens is 270 g/mol. The zero-order valence-corrected chi connectivity index (χ0v) is 12.7. The van der Waals surface area contributed by atoms with Crippen LogP contribution in [0.2, 0.25) is 0 Å². The topological polar surface area (TPSA) is 12.5 Å². The van der Waals surface area contributed by atoms with Crippen LogP contribution in [0.25, 0.3) is 11.1 Å². The molecule has 0 N–H and O–H groups in total. The highest BCUT2D eigenvalue weighted by atomic mass is 35.5. The lowest BCUT2D eigenvalue weighted by Gasteiger charge is -2.27. The van der Waals surface area contributed by atoms with Crippen molar-refractivity contribution in [3.63, 3.8) is 0 Å². The van der Waals surface area contributed by atoms with E-state index >= 15 is 0 Å². The van der Waals surface area contributed by atoms with E-state index in [1.807, 2.05) is 12.1 Å². The van der Waals surface area contributed by atoms with Gasteiger partial charge in [-0.2, -0.15) is 0 Å². The van der Waals surface area contributed by atoms with Gasteiger partial charge in [0.15, 0.2) is 0 Å². The molecule has 0 aromatic heterocycles. The van der Waals surface area contributed by atoms with Crippen molar-refractivity contribution in [3.05, 3.63) is 53.6 Å². The van der Waals surface area contributed by atoms with E-state index in [0.717, 1.165) is 25.3 Å². The van der Waals surface area contributed by atoms with Crippen molar-refractivity contribution in [2.45, 2.75) is 13.0 Å². The van der Waals surface area contributed by atoms with Gasteiger partial charge in [-0.05, 0) is 36.2 Å². The number of hydrogen-bond acceptors (Lipinski definition) is 2. The quantitative estimate of drug-likeness (QED) is 0.834. The fraction of sp³-hybridized carbons (Fsp3) is 0.294. The molecule has 106 valence electrons. The van der Waals surface area contributed by atoms with E-state index in [4.69, 9.17) is 4.74 Å². The van der Waals surface area contributed by atoms with Crippen molar-refractivity contribution < 1.29 is 4.74 Å². The number of ether oxygens (including phenoxy) is 1. The molecule has 1 heterocycles. The number of benzene rings is 2. The van der Waals surface area contributed by atoms with Crippen molar-refractivity contribution >= 4 is 12.4 Å². The van der Waals surface area contributed by atoms with Crippen LogP contribution < -0.4 is 4.74 Å². The molecule has 0 bridgehead atoms. The summed E-state index contributed by atoms with van der Waals surface area (Å²) in [5.41, 5.74) is 5.42. The Morgan fingerprint density at radius 3 is 2.55 bits per heavy atom. The number of fused-ring (bicyclic) bond motifs is 1. The summed E-state index contributed by atoms with van der Waals surface area (Å²) in [6, 6.07) is 14.9. The van der Waals surface area contributed by atoms with Crippen LogP contribution in [0.3, 0.4) is 0 Å². The SMILES string of the molecule is COc1ccccc1-c1cccc2c1CN(C)CC2.Cl. The summed E-state index contributed by atoms with van der Waals surface area (Å²) in [5.74, 6) is 0.948. The number of methoxy groups -OCH3 is 1. The number of halogens is 1. The second kappa shape index (κ2) is 6.29. The van der Waals surface area contributed by atoms with Gasteiger partial charge in [-0.25, -0.2) is 0 Å². The van der Waals surface area contributed by atoms with Crippen molar-refractivity contribution in [1.82, 2.24) is 4.90 Å². The Labute approximate surface area is 126 Å². The Balaban J connectivity index is 0.00000147. The predicted octanol–water partition coefficient (Wildman–Crippen LogP) is 3.77. The van der Waals surface area contributed by atoms with E-state index < -0.39 is 0 Å². The first kappa shape index (κ1) is 14.9. The zero-order valence-electron chi connectivity index (χ0n) is 11.9. The number of rotatable bonds is 2. The predicted molar refractivity (Wildman–Crippen MR) is 85.7 cm³/mol. The molecule has 0 saturated carbocycles. The molecule has 2 aromatic rings. The van der Waals surface area contributed by atoms with Gasteiger partial charge in [0, 0.05) is 18.7 Å². The maximum absolute atomic E-state index is 5.50. The summed E-state index contributed by atoms with van der Waals surface area (Å²) in [7, 11) is 3.92. The second-order valence-corrected chi connectivity index (χ2v) is 5.13. The molecule has 0 atom stereocenters. The lowest BCUT2D eigenvalue weighted by molar-refractivity contribution is 0.313. The minimum Gasteiger partial charge on any atom is -0.496 e.